The van der Waals surface area contributed by atoms with Crippen LogP contribution in [-0.4, -0.2) is 5.11 Å². The average molecular weight is 339 g/mol. The number of fused-ring (bicyclic) bond motifs is 1. The summed E-state index contributed by atoms with van der Waals surface area (Å²) in [6.07, 6.45) is 6.92. The molecule has 1 aliphatic carbocycles. The van der Waals surface area contributed by atoms with Gasteiger partial charge in [-0.25, -0.2) is 4.57 Å². The van der Waals surface area contributed by atoms with E-state index in [1.165, 1.54) is 29.5 Å². The van der Waals surface area contributed by atoms with Gasteiger partial charge in [-0.15, -0.1) is 0 Å². The first-order valence-corrected chi connectivity index (χ1v) is 9.54. The molecule has 0 saturated heterocycles. The Morgan fingerprint density at radius 3 is 2.08 bits per heavy atom. The van der Waals surface area contributed by atoms with Crippen molar-refractivity contribution in [3.05, 3.63) is 65.0 Å². The van der Waals surface area contributed by atoms with E-state index in [4.69, 9.17) is 0 Å². The predicted molar refractivity (Wildman–Crippen MR) is 103 cm³/mol. The predicted octanol–water partition coefficient (Wildman–Crippen LogP) is 4.62. The molecule has 1 aromatic carbocycles. The van der Waals surface area contributed by atoms with E-state index in [1.54, 1.807) is 0 Å². The largest absolute Gasteiger partial charge is 0.382 e. The lowest BCUT2D eigenvalue weighted by molar-refractivity contribution is -0.704. The number of pyridine rings is 1. The van der Waals surface area contributed by atoms with Gasteiger partial charge in [-0.3, -0.25) is 0 Å². The molecule has 3 rings (SSSR count). The fourth-order valence-electron chi connectivity index (χ4n) is 4.15. The Morgan fingerprint density at radius 1 is 0.960 bits per heavy atom. The molecule has 2 nitrogen and oxygen atoms in total. The van der Waals surface area contributed by atoms with Gasteiger partial charge in [-0.05, 0) is 52.3 Å². The van der Waals surface area contributed by atoms with Crippen LogP contribution in [0.2, 0.25) is 0 Å². The van der Waals surface area contributed by atoms with Gasteiger partial charge in [-0.2, -0.15) is 0 Å². The molecule has 0 radical (unpaired) electrons. The molecule has 134 valence electrons. The maximum absolute atomic E-state index is 11.0. The van der Waals surface area contributed by atoms with Gasteiger partial charge in [0.1, 0.15) is 6.10 Å². The van der Waals surface area contributed by atoms with Gasteiger partial charge in [0.2, 0.25) is 0 Å². The maximum Gasteiger partial charge on any atom is 0.178 e. The molecule has 1 unspecified atom stereocenters. The smallest absolute Gasteiger partial charge is 0.178 e. The Balaban J connectivity index is 2.05. The van der Waals surface area contributed by atoms with Crippen molar-refractivity contribution in [1.82, 2.24) is 0 Å². The van der Waals surface area contributed by atoms with Gasteiger partial charge >= 0.3 is 0 Å². The van der Waals surface area contributed by atoms with Crippen LogP contribution >= 0.6 is 0 Å². The number of hydrogen-bond donors (Lipinski definition) is 1. The zero-order valence-corrected chi connectivity index (χ0v) is 16.3. The topological polar surface area (TPSA) is 24.1 Å². The molecule has 1 aliphatic rings. The first-order valence-electron chi connectivity index (χ1n) is 9.54. The molecular weight excluding hydrogens is 306 g/mol. The number of benzene rings is 1. The molecular formula is C23H32NO+. The van der Waals surface area contributed by atoms with Crippen molar-refractivity contribution in [2.75, 3.05) is 0 Å². The molecule has 0 saturated carbocycles. The van der Waals surface area contributed by atoms with Crippen LogP contribution in [0.3, 0.4) is 0 Å². The Hall–Kier alpha value is -1.67. The van der Waals surface area contributed by atoms with Gasteiger partial charge in [0.25, 0.3) is 0 Å². The maximum atomic E-state index is 11.0. The van der Waals surface area contributed by atoms with Gasteiger partial charge in [0.15, 0.2) is 18.9 Å². The third-order valence-electron chi connectivity index (χ3n) is 6.01. The zero-order chi connectivity index (χ0) is 18.2. The van der Waals surface area contributed by atoms with Crippen LogP contribution in [-0.2, 0) is 23.8 Å². The molecule has 1 N–H and O–H groups in total. The van der Waals surface area contributed by atoms with Crippen LogP contribution in [0.15, 0.2) is 42.7 Å². The Kier molecular flexibility index (Phi) is 4.76. The molecule has 2 aromatic rings. The quantitative estimate of drug-likeness (QED) is 0.808. The van der Waals surface area contributed by atoms with Crippen LogP contribution in [0.1, 0.15) is 75.8 Å². The summed E-state index contributed by atoms with van der Waals surface area (Å²) in [6.45, 7) is 12.2. The summed E-state index contributed by atoms with van der Waals surface area (Å²) in [5, 5.41) is 11.0. The van der Waals surface area contributed by atoms with Crippen LogP contribution in [0.25, 0.3) is 0 Å². The number of hydrogen-bond acceptors (Lipinski definition) is 1. The van der Waals surface area contributed by atoms with E-state index in [-0.39, 0.29) is 10.8 Å². The molecule has 0 aliphatic heterocycles. The number of aliphatic hydroxyl groups is 1. The third kappa shape index (κ3) is 3.50. The van der Waals surface area contributed by atoms with Crippen molar-refractivity contribution in [1.29, 1.82) is 0 Å². The fourth-order valence-corrected chi connectivity index (χ4v) is 4.15. The SMILES string of the molecule is CCc1cc2c(cc1C(O)C[n+]1ccccc1)C(C)(C)CCC2(C)C. The van der Waals surface area contributed by atoms with Crippen molar-refractivity contribution in [3.63, 3.8) is 0 Å². The lowest BCUT2D eigenvalue weighted by atomic mass is 9.62. The molecule has 0 spiro atoms. The zero-order valence-electron chi connectivity index (χ0n) is 16.3. The number of aliphatic hydroxyl groups excluding tert-OH is 1. The van der Waals surface area contributed by atoms with E-state index >= 15 is 0 Å². The molecule has 2 heteroatoms. The molecule has 1 heterocycles. The molecule has 0 amide bonds. The first-order chi connectivity index (χ1) is 11.7. The summed E-state index contributed by atoms with van der Waals surface area (Å²) in [5.41, 5.74) is 5.67. The van der Waals surface area contributed by atoms with Crippen LogP contribution in [0.5, 0.6) is 0 Å². The van der Waals surface area contributed by atoms with Gasteiger partial charge < -0.3 is 5.11 Å². The first kappa shape index (κ1) is 18.1. The molecule has 0 fully saturated rings. The second-order valence-corrected chi connectivity index (χ2v) is 8.81. The van der Waals surface area contributed by atoms with E-state index in [9.17, 15) is 5.11 Å². The second kappa shape index (κ2) is 6.57. The van der Waals surface area contributed by atoms with Gasteiger partial charge in [-0.1, -0.05) is 52.8 Å². The Morgan fingerprint density at radius 2 is 1.52 bits per heavy atom. The molecule has 25 heavy (non-hydrogen) atoms. The van der Waals surface area contributed by atoms with E-state index in [0.717, 1.165) is 12.0 Å². The highest BCUT2D eigenvalue weighted by Gasteiger charge is 2.38. The minimum Gasteiger partial charge on any atom is -0.382 e. The van der Waals surface area contributed by atoms with E-state index in [2.05, 4.69) is 51.3 Å². The average Bonchev–Trinajstić information content (AvgIpc) is 2.59. The van der Waals surface area contributed by atoms with Gasteiger partial charge in [0.05, 0.1) is 0 Å². The normalized spacial score (nSPS) is 19.3. The highest BCUT2D eigenvalue weighted by atomic mass is 16.3. The van der Waals surface area contributed by atoms with Crippen molar-refractivity contribution < 1.29 is 9.67 Å². The lowest BCUT2D eigenvalue weighted by Gasteiger charge is -2.42. The van der Waals surface area contributed by atoms with E-state index in [1.807, 2.05) is 30.6 Å². The fraction of sp³-hybridized carbons (Fsp3) is 0.522. The molecule has 1 atom stereocenters. The highest BCUT2D eigenvalue weighted by Crippen LogP contribution is 2.47. The van der Waals surface area contributed by atoms with Crippen LogP contribution < -0.4 is 4.57 Å². The number of aryl methyl sites for hydroxylation is 1. The highest BCUT2D eigenvalue weighted by molar-refractivity contribution is 5.48. The number of aromatic nitrogens is 1. The summed E-state index contributed by atoms with van der Waals surface area (Å²) in [7, 11) is 0. The van der Waals surface area contributed by atoms with E-state index in [0.29, 0.717) is 6.54 Å². The Bertz CT molecular complexity index is 746. The summed E-state index contributed by atoms with van der Waals surface area (Å²) in [4.78, 5) is 0. The van der Waals surface area contributed by atoms with Crippen LogP contribution in [0, 0.1) is 0 Å². The van der Waals surface area contributed by atoms with Crippen molar-refractivity contribution >= 4 is 0 Å². The summed E-state index contributed by atoms with van der Waals surface area (Å²) in [6, 6.07) is 10.7. The number of nitrogens with zero attached hydrogens (tertiary/aromatic N) is 1. The molecule has 0 bridgehead atoms. The minimum absolute atomic E-state index is 0.172. The second-order valence-electron chi connectivity index (χ2n) is 8.81. The lowest BCUT2D eigenvalue weighted by Crippen LogP contribution is -2.37. The molecule has 1 aromatic heterocycles. The third-order valence-corrected chi connectivity index (χ3v) is 6.01. The van der Waals surface area contributed by atoms with Crippen molar-refractivity contribution in [3.8, 4) is 0 Å². The van der Waals surface area contributed by atoms with Crippen LogP contribution in [0.4, 0.5) is 0 Å². The summed E-state index contributed by atoms with van der Waals surface area (Å²) >= 11 is 0. The van der Waals surface area contributed by atoms with E-state index < -0.39 is 6.10 Å². The summed E-state index contributed by atoms with van der Waals surface area (Å²) in [5.74, 6) is 0. The standard InChI is InChI=1S/C23H32NO/c1-6-17-14-19-20(23(4,5)11-10-22(19,2)3)15-18(17)21(25)16-24-12-8-7-9-13-24/h7-9,12-15,21,25H,6,10-11,16H2,1-5H3/q+1. The van der Waals surface area contributed by atoms with Crippen molar-refractivity contribution in [2.45, 2.75) is 77.4 Å². The monoisotopic (exact) mass is 338 g/mol. The Labute approximate surface area is 152 Å². The minimum atomic E-state index is -0.478. The summed E-state index contributed by atoms with van der Waals surface area (Å²) < 4.78 is 2.05. The number of rotatable bonds is 4. The van der Waals surface area contributed by atoms with Crippen molar-refractivity contribution in [2.24, 2.45) is 0 Å². The van der Waals surface area contributed by atoms with Gasteiger partial charge in [0, 0.05) is 12.1 Å².